The van der Waals surface area contributed by atoms with E-state index in [-0.39, 0.29) is 12.5 Å². The summed E-state index contributed by atoms with van der Waals surface area (Å²) in [6.07, 6.45) is 2.52. The Morgan fingerprint density at radius 2 is 2.36 bits per heavy atom. The van der Waals surface area contributed by atoms with Gasteiger partial charge < -0.3 is 5.11 Å². The van der Waals surface area contributed by atoms with Gasteiger partial charge in [-0.05, 0) is 35.8 Å². The van der Waals surface area contributed by atoms with Gasteiger partial charge in [0.1, 0.15) is 0 Å². The third-order valence-corrected chi connectivity index (χ3v) is 3.97. The lowest BCUT2D eigenvalue weighted by Gasteiger charge is -2.17. The van der Waals surface area contributed by atoms with Crippen LogP contribution in [0, 0.1) is 0 Å². The van der Waals surface area contributed by atoms with Crippen molar-refractivity contribution in [1.82, 2.24) is 0 Å². The fraction of sp³-hybridized carbons (Fsp3) is 0.500. The highest BCUT2D eigenvalue weighted by molar-refractivity contribution is 7.99. The van der Waals surface area contributed by atoms with E-state index in [1.165, 1.54) is 34.6 Å². The minimum atomic E-state index is 0.240. The van der Waals surface area contributed by atoms with Crippen molar-refractivity contribution in [2.45, 2.75) is 30.6 Å². The summed E-state index contributed by atoms with van der Waals surface area (Å²) in [7, 11) is 0. The highest BCUT2D eigenvalue weighted by Crippen LogP contribution is 2.32. The molecule has 1 nitrogen and oxygen atoms in total. The van der Waals surface area contributed by atoms with E-state index in [4.69, 9.17) is 5.11 Å². The maximum Gasteiger partial charge on any atom is 0.0497 e. The van der Waals surface area contributed by atoms with E-state index in [9.17, 15) is 0 Å². The number of aryl methyl sites for hydroxylation is 1. The van der Waals surface area contributed by atoms with Crippen molar-refractivity contribution in [2.75, 3.05) is 12.4 Å². The molecule has 1 atom stereocenters. The molecule has 76 valence electrons. The number of benzene rings is 1. The second-order valence-electron chi connectivity index (χ2n) is 3.90. The fourth-order valence-electron chi connectivity index (χ4n) is 1.77. The van der Waals surface area contributed by atoms with E-state index in [0.717, 1.165) is 0 Å². The largest absolute Gasteiger partial charge is 0.396 e. The summed E-state index contributed by atoms with van der Waals surface area (Å²) in [6.45, 7) is 2.30. The van der Waals surface area contributed by atoms with Gasteiger partial charge in [0.2, 0.25) is 0 Å². The molecule has 0 aliphatic carbocycles. The van der Waals surface area contributed by atoms with Crippen molar-refractivity contribution in [2.24, 2.45) is 0 Å². The first-order valence-electron chi connectivity index (χ1n) is 5.17. The molecule has 1 heterocycles. The van der Waals surface area contributed by atoms with Crippen LogP contribution in [0.1, 0.15) is 30.4 Å². The SMILES string of the molecule is CC(CO)c1ccc2c(c1)SCCC2. The molecule has 0 spiro atoms. The van der Waals surface area contributed by atoms with E-state index < -0.39 is 0 Å². The number of thioether (sulfide) groups is 1. The topological polar surface area (TPSA) is 20.2 Å². The van der Waals surface area contributed by atoms with Crippen LogP contribution in [0.3, 0.4) is 0 Å². The number of hydrogen-bond donors (Lipinski definition) is 1. The van der Waals surface area contributed by atoms with Gasteiger partial charge in [-0.15, -0.1) is 11.8 Å². The molecule has 1 aliphatic heterocycles. The van der Waals surface area contributed by atoms with Gasteiger partial charge in [0, 0.05) is 17.4 Å². The van der Waals surface area contributed by atoms with Gasteiger partial charge in [0.15, 0.2) is 0 Å². The first-order chi connectivity index (χ1) is 6.81. The second kappa shape index (κ2) is 4.37. The van der Waals surface area contributed by atoms with Crippen LogP contribution < -0.4 is 0 Å². The molecular formula is C12H16OS. The summed E-state index contributed by atoms with van der Waals surface area (Å²) < 4.78 is 0. The zero-order valence-corrected chi connectivity index (χ0v) is 9.31. The average molecular weight is 208 g/mol. The Bertz CT molecular complexity index is 322. The summed E-state index contributed by atoms with van der Waals surface area (Å²) in [4.78, 5) is 1.43. The molecule has 0 saturated carbocycles. The minimum Gasteiger partial charge on any atom is -0.396 e. The van der Waals surface area contributed by atoms with E-state index in [1.54, 1.807) is 0 Å². The van der Waals surface area contributed by atoms with Crippen LogP contribution in [0.5, 0.6) is 0 Å². The van der Waals surface area contributed by atoms with Gasteiger partial charge >= 0.3 is 0 Å². The number of fused-ring (bicyclic) bond motifs is 1. The lowest BCUT2D eigenvalue weighted by molar-refractivity contribution is 0.273. The number of aliphatic hydroxyl groups excluding tert-OH is 1. The zero-order valence-electron chi connectivity index (χ0n) is 8.49. The highest BCUT2D eigenvalue weighted by Gasteiger charge is 2.12. The maximum atomic E-state index is 9.09. The van der Waals surface area contributed by atoms with Gasteiger partial charge in [0.25, 0.3) is 0 Å². The van der Waals surface area contributed by atoms with E-state index in [2.05, 4.69) is 25.1 Å². The third-order valence-electron chi connectivity index (χ3n) is 2.78. The van der Waals surface area contributed by atoms with Crippen molar-refractivity contribution in [3.8, 4) is 0 Å². The molecular weight excluding hydrogens is 192 g/mol. The van der Waals surface area contributed by atoms with Crippen molar-refractivity contribution < 1.29 is 5.11 Å². The lowest BCUT2D eigenvalue weighted by Crippen LogP contribution is -2.03. The van der Waals surface area contributed by atoms with E-state index in [0.29, 0.717) is 0 Å². The summed E-state index contributed by atoms with van der Waals surface area (Å²) in [5.74, 6) is 1.51. The number of hydrogen-bond acceptors (Lipinski definition) is 2. The molecule has 1 aliphatic rings. The van der Waals surface area contributed by atoms with Crippen LogP contribution in [0.15, 0.2) is 23.1 Å². The molecule has 0 aromatic heterocycles. The predicted octanol–water partition coefficient (Wildman–Crippen LogP) is 2.82. The van der Waals surface area contributed by atoms with Crippen molar-refractivity contribution >= 4 is 11.8 Å². The maximum absolute atomic E-state index is 9.09. The minimum absolute atomic E-state index is 0.240. The van der Waals surface area contributed by atoms with Crippen LogP contribution in [0.4, 0.5) is 0 Å². The first kappa shape index (κ1) is 10.1. The van der Waals surface area contributed by atoms with Crippen LogP contribution in [0.25, 0.3) is 0 Å². The summed E-state index contributed by atoms with van der Waals surface area (Å²) in [5.41, 5.74) is 2.75. The van der Waals surface area contributed by atoms with Crippen LogP contribution in [0.2, 0.25) is 0 Å². The summed E-state index contributed by atoms with van der Waals surface area (Å²) in [5, 5.41) is 9.09. The third kappa shape index (κ3) is 1.96. The molecule has 14 heavy (non-hydrogen) atoms. The highest BCUT2D eigenvalue weighted by atomic mass is 32.2. The van der Waals surface area contributed by atoms with Gasteiger partial charge in [-0.1, -0.05) is 19.1 Å². The van der Waals surface area contributed by atoms with Crippen LogP contribution in [-0.2, 0) is 6.42 Å². The van der Waals surface area contributed by atoms with Gasteiger partial charge in [0.05, 0.1) is 0 Å². The molecule has 1 aromatic carbocycles. The van der Waals surface area contributed by atoms with E-state index in [1.807, 2.05) is 11.8 Å². The zero-order chi connectivity index (χ0) is 9.97. The van der Waals surface area contributed by atoms with Crippen LogP contribution in [-0.4, -0.2) is 17.5 Å². The quantitative estimate of drug-likeness (QED) is 0.806. The monoisotopic (exact) mass is 208 g/mol. The predicted molar refractivity (Wildman–Crippen MR) is 61.0 cm³/mol. The smallest absolute Gasteiger partial charge is 0.0497 e. The Kier molecular flexibility index (Phi) is 3.14. The Morgan fingerprint density at radius 3 is 3.14 bits per heavy atom. The molecule has 0 bridgehead atoms. The molecule has 2 rings (SSSR count). The van der Waals surface area contributed by atoms with Crippen LogP contribution >= 0.6 is 11.8 Å². The molecule has 1 aromatic rings. The Labute approximate surface area is 89.5 Å². The van der Waals surface area contributed by atoms with Crippen molar-refractivity contribution in [3.63, 3.8) is 0 Å². The molecule has 0 saturated heterocycles. The summed E-state index contributed by atoms with van der Waals surface area (Å²) >= 11 is 1.95. The lowest BCUT2D eigenvalue weighted by atomic mass is 9.99. The van der Waals surface area contributed by atoms with Gasteiger partial charge in [-0.25, -0.2) is 0 Å². The Balaban J connectivity index is 2.29. The molecule has 1 N–H and O–H groups in total. The average Bonchev–Trinajstić information content (AvgIpc) is 2.27. The standard InChI is InChI=1S/C12H16OS/c1-9(8-13)11-5-4-10-3-2-6-14-12(10)7-11/h4-5,7,9,13H,2-3,6,8H2,1H3. The summed E-state index contributed by atoms with van der Waals surface area (Å²) in [6, 6.07) is 6.63. The molecule has 0 amide bonds. The molecule has 0 radical (unpaired) electrons. The number of rotatable bonds is 2. The van der Waals surface area contributed by atoms with E-state index >= 15 is 0 Å². The Hall–Kier alpha value is -0.470. The van der Waals surface area contributed by atoms with Crippen molar-refractivity contribution in [3.05, 3.63) is 29.3 Å². The Morgan fingerprint density at radius 1 is 1.50 bits per heavy atom. The first-order valence-corrected chi connectivity index (χ1v) is 6.16. The number of aliphatic hydroxyl groups is 1. The molecule has 1 unspecified atom stereocenters. The second-order valence-corrected chi connectivity index (χ2v) is 5.04. The van der Waals surface area contributed by atoms with Gasteiger partial charge in [-0.2, -0.15) is 0 Å². The molecule has 0 fully saturated rings. The normalized spacial score (nSPS) is 17.6. The fourth-order valence-corrected chi connectivity index (χ4v) is 2.85. The van der Waals surface area contributed by atoms with Crippen molar-refractivity contribution in [1.29, 1.82) is 0 Å². The molecule has 2 heteroatoms. The van der Waals surface area contributed by atoms with Gasteiger partial charge in [-0.3, -0.25) is 0 Å².